The largest absolute Gasteiger partial charge is 0.487 e. The predicted molar refractivity (Wildman–Crippen MR) is 81.0 cm³/mol. The average molecular weight is 317 g/mol. The Morgan fingerprint density at radius 2 is 1.91 bits per heavy atom. The number of benzene rings is 1. The second kappa shape index (κ2) is 6.20. The highest BCUT2D eigenvalue weighted by atomic mass is 32.1. The van der Waals surface area contributed by atoms with Crippen molar-refractivity contribution in [2.45, 2.75) is 27.1 Å². The van der Waals surface area contributed by atoms with Crippen molar-refractivity contribution in [3.63, 3.8) is 0 Å². The van der Waals surface area contributed by atoms with Crippen molar-refractivity contribution in [3.8, 4) is 10.9 Å². The topological polar surface area (TPSA) is 86.0 Å². The molecule has 0 bridgehead atoms. The summed E-state index contributed by atoms with van der Waals surface area (Å²) in [6.07, 6.45) is 0. The first-order chi connectivity index (χ1) is 10.7. The molecular weight excluding hydrogens is 302 g/mol. The third-order valence-electron chi connectivity index (χ3n) is 3.09. The van der Waals surface area contributed by atoms with Crippen LogP contribution in [0.4, 0.5) is 0 Å². The van der Waals surface area contributed by atoms with Gasteiger partial charge in [0.2, 0.25) is 5.13 Å². The molecule has 8 heteroatoms. The van der Waals surface area contributed by atoms with E-state index in [1.165, 1.54) is 16.9 Å². The number of aryl methyl sites for hydroxylation is 2. The Bertz CT molecular complexity index is 766. The van der Waals surface area contributed by atoms with E-state index in [0.717, 1.165) is 10.8 Å². The van der Waals surface area contributed by atoms with E-state index in [9.17, 15) is 5.11 Å². The van der Waals surface area contributed by atoms with Gasteiger partial charge in [-0.25, -0.2) is 0 Å². The predicted octanol–water partition coefficient (Wildman–Crippen LogP) is 1.81. The van der Waals surface area contributed by atoms with Gasteiger partial charge in [0.05, 0.1) is 6.61 Å². The molecule has 2 heterocycles. The van der Waals surface area contributed by atoms with Gasteiger partial charge in [-0.05, 0) is 26.0 Å². The first kappa shape index (κ1) is 14.6. The van der Waals surface area contributed by atoms with Crippen LogP contribution in [0, 0.1) is 13.8 Å². The van der Waals surface area contributed by atoms with Crippen LogP contribution in [0.25, 0.3) is 5.13 Å². The van der Waals surface area contributed by atoms with E-state index in [0.29, 0.717) is 16.5 Å². The molecule has 2 aromatic heterocycles. The molecule has 0 aliphatic carbocycles. The number of nitrogens with zero attached hydrogens (tertiary/aromatic N) is 5. The zero-order valence-corrected chi connectivity index (χ0v) is 13.0. The lowest BCUT2D eigenvalue weighted by Gasteiger charge is -2.08. The fraction of sp³-hybridized carbons (Fsp3) is 0.286. The maximum absolute atomic E-state index is 9.41. The van der Waals surface area contributed by atoms with Gasteiger partial charge in [-0.1, -0.05) is 34.2 Å². The lowest BCUT2D eigenvalue weighted by Crippen LogP contribution is -2.07. The van der Waals surface area contributed by atoms with E-state index in [1.54, 1.807) is 4.68 Å². The summed E-state index contributed by atoms with van der Waals surface area (Å²) in [5.41, 5.74) is 2.30. The third kappa shape index (κ3) is 2.97. The average Bonchev–Trinajstić information content (AvgIpc) is 3.12. The molecule has 1 aromatic carbocycles. The fourth-order valence-electron chi connectivity index (χ4n) is 1.91. The van der Waals surface area contributed by atoms with Crippen molar-refractivity contribution in [2.24, 2.45) is 0 Å². The molecule has 22 heavy (non-hydrogen) atoms. The molecule has 0 spiro atoms. The van der Waals surface area contributed by atoms with Crippen LogP contribution in [-0.4, -0.2) is 30.3 Å². The van der Waals surface area contributed by atoms with E-state index in [1.807, 2.05) is 38.1 Å². The van der Waals surface area contributed by atoms with Crippen molar-refractivity contribution in [1.29, 1.82) is 0 Å². The summed E-state index contributed by atoms with van der Waals surface area (Å²) in [6.45, 7) is 3.92. The normalized spacial score (nSPS) is 10.9. The zero-order valence-electron chi connectivity index (χ0n) is 12.2. The first-order valence-corrected chi connectivity index (χ1v) is 7.53. The molecule has 114 valence electrons. The Labute approximate surface area is 131 Å². The standard InChI is InChI=1S/C14H15N5O2S/c1-9-3-5-11(6-4-9)21-8-13-12(7-20)16-18-19(13)14-17-15-10(2)22-14/h3-6,20H,7-8H2,1-2H3. The summed E-state index contributed by atoms with van der Waals surface area (Å²) in [4.78, 5) is 0. The quantitative estimate of drug-likeness (QED) is 0.772. The summed E-state index contributed by atoms with van der Waals surface area (Å²) in [7, 11) is 0. The molecule has 7 nitrogen and oxygen atoms in total. The Morgan fingerprint density at radius 1 is 1.14 bits per heavy atom. The van der Waals surface area contributed by atoms with Gasteiger partial charge in [-0.3, -0.25) is 0 Å². The van der Waals surface area contributed by atoms with Gasteiger partial charge < -0.3 is 9.84 Å². The molecule has 3 aromatic rings. The van der Waals surface area contributed by atoms with Gasteiger partial charge in [0.25, 0.3) is 0 Å². The van der Waals surface area contributed by atoms with Crippen molar-refractivity contribution < 1.29 is 9.84 Å². The van der Waals surface area contributed by atoms with Crippen LogP contribution in [0.3, 0.4) is 0 Å². The molecule has 0 aliphatic rings. The van der Waals surface area contributed by atoms with Crippen molar-refractivity contribution in [2.75, 3.05) is 0 Å². The maximum Gasteiger partial charge on any atom is 0.234 e. The first-order valence-electron chi connectivity index (χ1n) is 6.71. The van der Waals surface area contributed by atoms with Gasteiger partial charge in [0, 0.05) is 0 Å². The van der Waals surface area contributed by atoms with Gasteiger partial charge in [0.1, 0.15) is 28.8 Å². The summed E-state index contributed by atoms with van der Waals surface area (Å²) in [5, 5.41) is 26.9. The highest BCUT2D eigenvalue weighted by Gasteiger charge is 2.17. The molecule has 0 fully saturated rings. The Kier molecular flexibility index (Phi) is 4.12. The van der Waals surface area contributed by atoms with Crippen LogP contribution in [0.5, 0.6) is 5.75 Å². The molecule has 0 atom stereocenters. The van der Waals surface area contributed by atoms with Crippen LogP contribution in [0.1, 0.15) is 22.0 Å². The fourth-order valence-corrected chi connectivity index (χ4v) is 2.57. The molecule has 0 unspecified atom stereocenters. The minimum absolute atomic E-state index is 0.204. The summed E-state index contributed by atoms with van der Waals surface area (Å²) in [5.74, 6) is 0.746. The van der Waals surface area contributed by atoms with Gasteiger partial charge in [-0.2, -0.15) is 4.68 Å². The van der Waals surface area contributed by atoms with E-state index >= 15 is 0 Å². The van der Waals surface area contributed by atoms with Crippen molar-refractivity contribution in [3.05, 3.63) is 46.2 Å². The second-order valence-corrected chi connectivity index (χ2v) is 5.92. The molecule has 0 saturated heterocycles. The highest BCUT2D eigenvalue weighted by Crippen LogP contribution is 2.19. The molecule has 0 amide bonds. The Morgan fingerprint density at radius 3 is 2.55 bits per heavy atom. The molecular formula is C14H15N5O2S. The smallest absolute Gasteiger partial charge is 0.234 e. The lowest BCUT2D eigenvalue weighted by atomic mass is 10.2. The van der Waals surface area contributed by atoms with E-state index in [4.69, 9.17) is 4.74 Å². The Hall–Kier alpha value is -2.32. The van der Waals surface area contributed by atoms with Gasteiger partial charge in [-0.15, -0.1) is 15.3 Å². The van der Waals surface area contributed by atoms with Crippen LogP contribution < -0.4 is 4.74 Å². The third-order valence-corrected chi connectivity index (χ3v) is 3.90. The summed E-state index contributed by atoms with van der Waals surface area (Å²) < 4.78 is 7.32. The van der Waals surface area contributed by atoms with Crippen LogP contribution in [0.2, 0.25) is 0 Å². The van der Waals surface area contributed by atoms with E-state index in [2.05, 4.69) is 20.5 Å². The number of hydrogen-bond donors (Lipinski definition) is 1. The van der Waals surface area contributed by atoms with Crippen molar-refractivity contribution in [1.82, 2.24) is 25.2 Å². The second-order valence-electron chi connectivity index (χ2n) is 4.76. The van der Waals surface area contributed by atoms with Crippen LogP contribution >= 0.6 is 11.3 Å². The minimum atomic E-state index is -0.204. The molecule has 1 N–H and O–H groups in total. The molecule has 3 rings (SSSR count). The van der Waals surface area contributed by atoms with Crippen LogP contribution in [0.15, 0.2) is 24.3 Å². The monoisotopic (exact) mass is 317 g/mol. The van der Waals surface area contributed by atoms with E-state index < -0.39 is 0 Å². The number of rotatable bonds is 5. The molecule has 0 saturated carbocycles. The van der Waals surface area contributed by atoms with Gasteiger partial charge >= 0.3 is 0 Å². The number of aliphatic hydroxyl groups is 1. The minimum Gasteiger partial charge on any atom is -0.487 e. The number of hydrogen-bond acceptors (Lipinski definition) is 7. The SMILES string of the molecule is Cc1ccc(OCc2c(CO)nnn2-c2nnc(C)s2)cc1. The number of ether oxygens (including phenoxy) is 1. The lowest BCUT2D eigenvalue weighted by molar-refractivity contribution is 0.263. The maximum atomic E-state index is 9.41. The van der Waals surface area contributed by atoms with Gasteiger partial charge in [0.15, 0.2) is 0 Å². The number of aromatic nitrogens is 5. The highest BCUT2D eigenvalue weighted by molar-refractivity contribution is 7.13. The van der Waals surface area contributed by atoms with Crippen LogP contribution in [-0.2, 0) is 13.2 Å². The summed E-state index contributed by atoms with van der Waals surface area (Å²) >= 11 is 1.40. The Balaban J connectivity index is 1.85. The van der Waals surface area contributed by atoms with E-state index in [-0.39, 0.29) is 13.2 Å². The zero-order chi connectivity index (χ0) is 15.5. The molecule has 0 aliphatic heterocycles. The molecule has 0 radical (unpaired) electrons. The summed E-state index contributed by atoms with van der Waals surface area (Å²) in [6, 6.07) is 7.76. The number of aliphatic hydroxyl groups excluding tert-OH is 1. The van der Waals surface area contributed by atoms with Crippen molar-refractivity contribution >= 4 is 11.3 Å².